The number of nitrogens with one attached hydrogen (secondary N) is 2. The molecule has 1 atom stereocenters. The minimum atomic E-state index is -0.233. The predicted molar refractivity (Wildman–Crippen MR) is 103 cm³/mol. The van der Waals surface area contributed by atoms with Crippen LogP contribution in [0.4, 0.5) is 11.6 Å². The van der Waals surface area contributed by atoms with Gasteiger partial charge in [0.2, 0.25) is 5.95 Å². The van der Waals surface area contributed by atoms with Gasteiger partial charge in [-0.25, -0.2) is 9.97 Å². The van der Waals surface area contributed by atoms with Crippen LogP contribution < -0.4 is 10.6 Å². The Balaban J connectivity index is 1.71. The fraction of sp³-hybridized carbons (Fsp3) is 0.450. The summed E-state index contributed by atoms with van der Waals surface area (Å²) >= 11 is 0. The Kier molecular flexibility index (Phi) is 5.83. The molecule has 2 aromatic rings. The lowest BCUT2D eigenvalue weighted by Gasteiger charge is -2.16. The lowest BCUT2D eigenvalue weighted by atomic mass is 9.98. The van der Waals surface area contributed by atoms with Crippen molar-refractivity contribution in [3.05, 3.63) is 47.3 Å². The van der Waals surface area contributed by atoms with Crippen LogP contribution in [0.2, 0.25) is 0 Å². The highest BCUT2D eigenvalue weighted by molar-refractivity contribution is 6.03. The highest BCUT2D eigenvalue weighted by atomic mass is 16.5. The van der Waals surface area contributed by atoms with Crippen LogP contribution >= 0.6 is 0 Å². The average Bonchev–Trinajstić information content (AvgIpc) is 3.15. The first-order valence-corrected chi connectivity index (χ1v) is 9.14. The average molecular weight is 354 g/mol. The van der Waals surface area contributed by atoms with Crippen molar-refractivity contribution in [1.29, 1.82) is 0 Å². The summed E-state index contributed by atoms with van der Waals surface area (Å²) in [6.45, 7) is 7.69. The highest BCUT2D eigenvalue weighted by Crippen LogP contribution is 2.27. The predicted octanol–water partition coefficient (Wildman–Crippen LogP) is 3.75. The second kappa shape index (κ2) is 8.27. The highest BCUT2D eigenvalue weighted by Gasteiger charge is 2.17. The number of carbonyl (C=O) groups is 1. The van der Waals surface area contributed by atoms with Gasteiger partial charge >= 0.3 is 0 Å². The molecular formula is C20H26N4O2. The van der Waals surface area contributed by atoms with Gasteiger partial charge in [0.05, 0.1) is 6.10 Å². The van der Waals surface area contributed by atoms with Gasteiger partial charge in [0, 0.05) is 25.0 Å². The molecule has 0 aliphatic carbocycles. The molecule has 0 spiro atoms. The van der Waals surface area contributed by atoms with Crippen molar-refractivity contribution >= 4 is 17.5 Å². The fourth-order valence-electron chi connectivity index (χ4n) is 3.10. The first-order valence-electron chi connectivity index (χ1n) is 9.14. The normalized spacial score (nSPS) is 16.7. The lowest BCUT2D eigenvalue weighted by molar-refractivity contribution is 0.102. The Bertz CT molecular complexity index is 770. The van der Waals surface area contributed by atoms with Crippen molar-refractivity contribution < 1.29 is 9.53 Å². The summed E-state index contributed by atoms with van der Waals surface area (Å²) in [4.78, 5) is 21.2. The quantitative estimate of drug-likeness (QED) is 0.826. The Hall–Kier alpha value is -2.47. The van der Waals surface area contributed by atoms with Crippen molar-refractivity contribution in [2.45, 2.75) is 45.6 Å². The number of benzene rings is 1. The van der Waals surface area contributed by atoms with Gasteiger partial charge in [-0.15, -0.1) is 0 Å². The smallest absolute Gasteiger partial charge is 0.274 e. The molecule has 0 bridgehead atoms. The summed E-state index contributed by atoms with van der Waals surface area (Å²) in [6.07, 6.45) is 3.92. The van der Waals surface area contributed by atoms with E-state index in [0.29, 0.717) is 24.1 Å². The third-order valence-corrected chi connectivity index (χ3v) is 4.57. The number of ether oxygens (including phenoxy) is 1. The molecule has 0 radical (unpaired) electrons. The minimum Gasteiger partial charge on any atom is -0.376 e. The van der Waals surface area contributed by atoms with Gasteiger partial charge in [-0.1, -0.05) is 32.0 Å². The van der Waals surface area contributed by atoms with Gasteiger partial charge in [0.25, 0.3) is 5.91 Å². The third-order valence-electron chi connectivity index (χ3n) is 4.57. The molecule has 1 amide bonds. The monoisotopic (exact) mass is 354 g/mol. The van der Waals surface area contributed by atoms with E-state index in [-0.39, 0.29) is 12.0 Å². The summed E-state index contributed by atoms with van der Waals surface area (Å²) in [7, 11) is 0. The number of carbonyl (C=O) groups excluding carboxylic acids is 1. The number of amides is 1. The van der Waals surface area contributed by atoms with Crippen LogP contribution in [0.1, 0.15) is 54.2 Å². The molecule has 6 nitrogen and oxygen atoms in total. The van der Waals surface area contributed by atoms with E-state index >= 15 is 0 Å². The van der Waals surface area contributed by atoms with E-state index in [1.807, 2.05) is 25.1 Å². The molecule has 138 valence electrons. The Labute approximate surface area is 154 Å². The molecule has 1 fully saturated rings. The summed E-state index contributed by atoms with van der Waals surface area (Å²) in [6, 6.07) is 7.68. The van der Waals surface area contributed by atoms with E-state index in [9.17, 15) is 4.79 Å². The number of para-hydroxylation sites is 1. The molecule has 1 aromatic carbocycles. The van der Waals surface area contributed by atoms with Gasteiger partial charge < -0.3 is 15.4 Å². The molecule has 0 saturated carbocycles. The zero-order chi connectivity index (χ0) is 18.5. The zero-order valence-electron chi connectivity index (χ0n) is 15.6. The van der Waals surface area contributed by atoms with Crippen LogP contribution in [-0.4, -0.2) is 35.1 Å². The van der Waals surface area contributed by atoms with Crippen LogP contribution in [-0.2, 0) is 4.74 Å². The number of hydrogen-bond donors (Lipinski definition) is 2. The van der Waals surface area contributed by atoms with E-state index < -0.39 is 0 Å². The summed E-state index contributed by atoms with van der Waals surface area (Å²) in [5.41, 5.74) is 3.35. The topological polar surface area (TPSA) is 76.1 Å². The minimum absolute atomic E-state index is 0.191. The van der Waals surface area contributed by atoms with Crippen LogP contribution in [0.5, 0.6) is 0 Å². The first-order chi connectivity index (χ1) is 12.5. The lowest BCUT2D eigenvalue weighted by Crippen LogP contribution is -2.21. The van der Waals surface area contributed by atoms with Crippen LogP contribution in [0.15, 0.2) is 30.5 Å². The number of rotatable bonds is 6. The molecule has 2 heterocycles. The van der Waals surface area contributed by atoms with Gasteiger partial charge in [0.1, 0.15) is 5.69 Å². The Morgan fingerprint density at radius 2 is 2.19 bits per heavy atom. The van der Waals surface area contributed by atoms with Crippen molar-refractivity contribution in [3.63, 3.8) is 0 Å². The van der Waals surface area contributed by atoms with E-state index in [0.717, 1.165) is 36.3 Å². The third kappa shape index (κ3) is 4.38. The maximum absolute atomic E-state index is 12.7. The van der Waals surface area contributed by atoms with E-state index in [2.05, 4.69) is 34.4 Å². The summed E-state index contributed by atoms with van der Waals surface area (Å²) < 4.78 is 5.58. The largest absolute Gasteiger partial charge is 0.376 e. The van der Waals surface area contributed by atoms with E-state index in [1.165, 1.54) is 0 Å². The SMILES string of the molecule is Cc1cccc(C(C)C)c1NC(=O)c1ccnc(NCC2CCCO2)n1. The molecule has 1 saturated heterocycles. The van der Waals surface area contributed by atoms with Crippen LogP contribution in [0.3, 0.4) is 0 Å². The molecule has 1 unspecified atom stereocenters. The van der Waals surface area contributed by atoms with Crippen LogP contribution in [0.25, 0.3) is 0 Å². The molecule has 6 heteroatoms. The molecule has 1 aliphatic heterocycles. The zero-order valence-corrected chi connectivity index (χ0v) is 15.6. The van der Waals surface area contributed by atoms with E-state index in [4.69, 9.17) is 4.74 Å². The van der Waals surface area contributed by atoms with Crippen molar-refractivity contribution in [2.24, 2.45) is 0 Å². The number of aromatic nitrogens is 2. The Morgan fingerprint density at radius 3 is 2.92 bits per heavy atom. The molecule has 2 N–H and O–H groups in total. The van der Waals surface area contributed by atoms with Gasteiger partial charge in [0.15, 0.2) is 0 Å². The second-order valence-electron chi connectivity index (χ2n) is 6.93. The summed E-state index contributed by atoms with van der Waals surface area (Å²) in [5.74, 6) is 0.532. The van der Waals surface area contributed by atoms with Gasteiger partial charge in [-0.3, -0.25) is 4.79 Å². The molecule has 3 rings (SSSR count). The number of nitrogens with zero attached hydrogens (tertiary/aromatic N) is 2. The van der Waals surface area contributed by atoms with Crippen LogP contribution in [0, 0.1) is 6.92 Å². The number of hydrogen-bond acceptors (Lipinski definition) is 5. The number of aryl methyl sites for hydroxylation is 1. The maximum Gasteiger partial charge on any atom is 0.274 e. The van der Waals surface area contributed by atoms with Crippen molar-refractivity contribution in [1.82, 2.24) is 9.97 Å². The first kappa shape index (κ1) is 18.3. The molecule has 26 heavy (non-hydrogen) atoms. The summed E-state index contributed by atoms with van der Waals surface area (Å²) in [5, 5.41) is 6.18. The van der Waals surface area contributed by atoms with Crippen molar-refractivity contribution in [2.75, 3.05) is 23.8 Å². The molecule has 1 aromatic heterocycles. The van der Waals surface area contributed by atoms with Crippen molar-refractivity contribution in [3.8, 4) is 0 Å². The second-order valence-corrected chi connectivity index (χ2v) is 6.93. The standard InChI is InChI=1S/C20H26N4O2/c1-13(2)16-8-4-6-14(3)18(16)24-19(25)17-9-10-21-20(23-17)22-12-15-7-5-11-26-15/h4,6,8-10,13,15H,5,7,11-12H2,1-3H3,(H,24,25)(H,21,22,23). The van der Waals surface area contributed by atoms with Gasteiger partial charge in [-0.05, 0) is 42.9 Å². The maximum atomic E-state index is 12.7. The number of anilines is 2. The fourth-order valence-corrected chi connectivity index (χ4v) is 3.10. The molecular weight excluding hydrogens is 328 g/mol. The van der Waals surface area contributed by atoms with E-state index in [1.54, 1.807) is 12.3 Å². The Morgan fingerprint density at radius 1 is 1.35 bits per heavy atom. The molecule has 1 aliphatic rings. The van der Waals surface area contributed by atoms with Gasteiger partial charge in [-0.2, -0.15) is 0 Å².